The molecule has 6 heteroatoms. The van der Waals surface area contributed by atoms with Crippen LogP contribution in [0.2, 0.25) is 0 Å². The highest BCUT2D eigenvalue weighted by Gasteiger charge is 2.10. The highest BCUT2D eigenvalue weighted by Crippen LogP contribution is 2.13. The quantitative estimate of drug-likeness (QED) is 0.647. The summed E-state index contributed by atoms with van der Waals surface area (Å²) in [5.41, 5.74) is -2.23. The summed E-state index contributed by atoms with van der Waals surface area (Å²) in [5, 5.41) is -0.482. The van der Waals surface area contributed by atoms with Gasteiger partial charge in [0, 0.05) is 0 Å². The molecule has 0 radical (unpaired) electrons. The molecule has 0 unspecified atom stereocenters. The standard InChI is InChI=1S/C8H4F2N2O2/c9-3-1-2-4(10)6-5(3)7(13)12-8(14)11-6/h1-2H,(H2,11,12,13,14). The Morgan fingerprint density at radius 3 is 2.36 bits per heavy atom. The lowest BCUT2D eigenvalue weighted by atomic mass is 10.2. The number of hydrogen-bond donors (Lipinski definition) is 2. The molecule has 0 atom stereocenters. The van der Waals surface area contributed by atoms with Crippen LogP contribution in [0.4, 0.5) is 8.78 Å². The molecule has 0 aliphatic rings. The minimum absolute atomic E-state index is 0.418. The summed E-state index contributed by atoms with van der Waals surface area (Å²) >= 11 is 0. The van der Waals surface area contributed by atoms with Gasteiger partial charge >= 0.3 is 5.69 Å². The Labute approximate surface area is 75.2 Å². The van der Waals surface area contributed by atoms with Crippen molar-refractivity contribution in [3.63, 3.8) is 0 Å². The van der Waals surface area contributed by atoms with E-state index < -0.39 is 33.8 Å². The summed E-state index contributed by atoms with van der Waals surface area (Å²) in [5.74, 6) is -1.72. The van der Waals surface area contributed by atoms with E-state index in [9.17, 15) is 18.4 Å². The fourth-order valence-corrected chi connectivity index (χ4v) is 1.21. The average molecular weight is 198 g/mol. The Hall–Kier alpha value is -1.98. The van der Waals surface area contributed by atoms with Gasteiger partial charge in [-0.1, -0.05) is 0 Å². The van der Waals surface area contributed by atoms with Crippen LogP contribution in [0.1, 0.15) is 0 Å². The van der Waals surface area contributed by atoms with Crippen LogP contribution in [0.25, 0.3) is 10.9 Å². The zero-order valence-electron chi connectivity index (χ0n) is 6.73. The number of aromatic amines is 2. The van der Waals surface area contributed by atoms with E-state index in [0.29, 0.717) is 0 Å². The first-order valence-electron chi connectivity index (χ1n) is 3.70. The molecular formula is C8H4F2N2O2. The van der Waals surface area contributed by atoms with Crippen LogP contribution in [0.5, 0.6) is 0 Å². The predicted molar refractivity (Wildman–Crippen MR) is 45.1 cm³/mol. The average Bonchev–Trinajstić information content (AvgIpc) is 2.10. The smallest absolute Gasteiger partial charge is 0.304 e. The number of halogens is 2. The first-order valence-corrected chi connectivity index (χ1v) is 3.70. The monoisotopic (exact) mass is 198 g/mol. The van der Waals surface area contributed by atoms with Gasteiger partial charge in [0.05, 0.1) is 5.52 Å². The summed E-state index contributed by atoms with van der Waals surface area (Å²) in [6.07, 6.45) is 0. The zero-order chi connectivity index (χ0) is 10.3. The molecule has 1 aromatic carbocycles. The predicted octanol–water partition coefficient (Wildman–Crippen LogP) is 0.495. The molecule has 14 heavy (non-hydrogen) atoms. The van der Waals surface area contributed by atoms with Gasteiger partial charge in [-0.25, -0.2) is 13.6 Å². The third-order valence-corrected chi connectivity index (χ3v) is 1.80. The maximum Gasteiger partial charge on any atom is 0.326 e. The van der Waals surface area contributed by atoms with E-state index in [1.807, 2.05) is 9.97 Å². The molecule has 0 aliphatic carbocycles. The van der Waals surface area contributed by atoms with Crippen molar-refractivity contribution in [1.82, 2.24) is 9.97 Å². The fraction of sp³-hybridized carbons (Fsp3) is 0. The molecule has 0 bridgehead atoms. The molecule has 0 saturated carbocycles. The van der Waals surface area contributed by atoms with Gasteiger partial charge in [-0.3, -0.25) is 9.78 Å². The zero-order valence-corrected chi connectivity index (χ0v) is 6.73. The van der Waals surface area contributed by atoms with Crippen molar-refractivity contribution in [2.24, 2.45) is 0 Å². The van der Waals surface area contributed by atoms with Crippen molar-refractivity contribution >= 4 is 10.9 Å². The lowest BCUT2D eigenvalue weighted by Crippen LogP contribution is -2.23. The molecule has 1 aromatic heterocycles. The van der Waals surface area contributed by atoms with Crippen LogP contribution in [-0.4, -0.2) is 9.97 Å². The Morgan fingerprint density at radius 2 is 1.64 bits per heavy atom. The Morgan fingerprint density at radius 1 is 1.00 bits per heavy atom. The third kappa shape index (κ3) is 1.12. The lowest BCUT2D eigenvalue weighted by Gasteiger charge is -1.98. The Balaban J connectivity index is 3.16. The molecular weight excluding hydrogens is 194 g/mol. The first kappa shape index (κ1) is 8.61. The molecule has 0 spiro atoms. The summed E-state index contributed by atoms with van der Waals surface area (Å²) in [7, 11) is 0. The van der Waals surface area contributed by atoms with Crippen molar-refractivity contribution < 1.29 is 8.78 Å². The fourth-order valence-electron chi connectivity index (χ4n) is 1.21. The Bertz CT molecular complexity index is 615. The van der Waals surface area contributed by atoms with E-state index in [4.69, 9.17) is 0 Å². The molecule has 2 rings (SSSR count). The SMILES string of the molecule is O=c1[nH]c(=O)c2c(F)ccc(F)c2[nH]1. The highest BCUT2D eigenvalue weighted by molar-refractivity contribution is 5.78. The second kappa shape index (κ2) is 2.76. The van der Waals surface area contributed by atoms with Crippen LogP contribution in [0, 0.1) is 11.6 Å². The minimum Gasteiger partial charge on any atom is -0.304 e. The molecule has 2 N–H and O–H groups in total. The van der Waals surface area contributed by atoms with Crippen molar-refractivity contribution in [3.8, 4) is 0 Å². The number of nitrogens with one attached hydrogen (secondary N) is 2. The molecule has 1 heterocycles. The molecule has 72 valence electrons. The number of hydrogen-bond acceptors (Lipinski definition) is 2. The van der Waals surface area contributed by atoms with Gasteiger partial charge in [0.15, 0.2) is 0 Å². The number of aromatic nitrogens is 2. The topological polar surface area (TPSA) is 65.7 Å². The van der Waals surface area contributed by atoms with Gasteiger partial charge in [0.25, 0.3) is 5.56 Å². The summed E-state index contributed by atoms with van der Waals surface area (Å²) in [6.45, 7) is 0. The van der Waals surface area contributed by atoms with E-state index in [0.717, 1.165) is 12.1 Å². The van der Waals surface area contributed by atoms with E-state index in [1.165, 1.54) is 0 Å². The van der Waals surface area contributed by atoms with E-state index >= 15 is 0 Å². The van der Waals surface area contributed by atoms with Gasteiger partial charge in [-0.05, 0) is 12.1 Å². The van der Waals surface area contributed by atoms with Crippen molar-refractivity contribution in [1.29, 1.82) is 0 Å². The molecule has 2 aromatic rings. The Kier molecular flexibility index (Phi) is 1.70. The number of benzene rings is 1. The maximum atomic E-state index is 13.1. The van der Waals surface area contributed by atoms with Gasteiger partial charge < -0.3 is 4.98 Å². The third-order valence-electron chi connectivity index (χ3n) is 1.80. The number of rotatable bonds is 0. The van der Waals surface area contributed by atoms with Crippen LogP contribution in [0.3, 0.4) is 0 Å². The van der Waals surface area contributed by atoms with Crippen LogP contribution < -0.4 is 11.2 Å². The lowest BCUT2D eigenvalue weighted by molar-refractivity contribution is 0.613. The first-order chi connectivity index (χ1) is 6.59. The van der Waals surface area contributed by atoms with Crippen LogP contribution >= 0.6 is 0 Å². The summed E-state index contributed by atoms with van der Waals surface area (Å²) < 4.78 is 26.1. The normalized spacial score (nSPS) is 10.7. The largest absolute Gasteiger partial charge is 0.326 e. The summed E-state index contributed by atoms with van der Waals surface area (Å²) in [4.78, 5) is 25.7. The summed E-state index contributed by atoms with van der Waals surface area (Å²) in [6, 6.07) is 1.66. The molecule has 4 nitrogen and oxygen atoms in total. The van der Waals surface area contributed by atoms with Crippen molar-refractivity contribution in [2.45, 2.75) is 0 Å². The van der Waals surface area contributed by atoms with E-state index in [2.05, 4.69) is 0 Å². The van der Waals surface area contributed by atoms with Gasteiger partial charge in [0.1, 0.15) is 17.0 Å². The van der Waals surface area contributed by atoms with Crippen molar-refractivity contribution in [2.75, 3.05) is 0 Å². The van der Waals surface area contributed by atoms with E-state index in [-0.39, 0.29) is 0 Å². The maximum absolute atomic E-state index is 13.1. The molecule has 0 aliphatic heterocycles. The second-order valence-corrected chi connectivity index (χ2v) is 2.69. The van der Waals surface area contributed by atoms with Crippen LogP contribution in [-0.2, 0) is 0 Å². The molecule has 0 amide bonds. The number of H-pyrrole nitrogens is 2. The second-order valence-electron chi connectivity index (χ2n) is 2.69. The van der Waals surface area contributed by atoms with Gasteiger partial charge in [-0.2, -0.15) is 0 Å². The van der Waals surface area contributed by atoms with Crippen LogP contribution in [0.15, 0.2) is 21.7 Å². The molecule has 0 fully saturated rings. The van der Waals surface area contributed by atoms with Crippen molar-refractivity contribution in [3.05, 3.63) is 44.6 Å². The number of fused-ring (bicyclic) bond motifs is 1. The van der Waals surface area contributed by atoms with E-state index in [1.54, 1.807) is 0 Å². The van der Waals surface area contributed by atoms with Gasteiger partial charge in [-0.15, -0.1) is 0 Å². The minimum atomic E-state index is -0.944. The highest BCUT2D eigenvalue weighted by atomic mass is 19.1. The van der Waals surface area contributed by atoms with Gasteiger partial charge in [0.2, 0.25) is 0 Å². The molecule has 0 saturated heterocycles.